The van der Waals surface area contributed by atoms with E-state index in [-0.39, 0.29) is 0 Å². The van der Waals surface area contributed by atoms with Crippen LogP contribution in [0.15, 0.2) is 11.1 Å². The number of Topliss-reactive ketones (excluding diaryl/α,β-unsaturated/α-hetero) is 1. The number of hydrogen-bond acceptors (Lipinski definition) is 1. The quantitative estimate of drug-likeness (QED) is 0.601. The zero-order chi connectivity index (χ0) is 10.3. The van der Waals surface area contributed by atoms with Crippen LogP contribution >= 0.6 is 0 Å². The number of unbranched alkanes of at least 4 members (excludes halogenated alkanes) is 1. The molecule has 0 unspecified atom stereocenters. The summed E-state index contributed by atoms with van der Waals surface area (Å²) in [6.07, 6.45) is 5.59. The van der Waals surface area contributed by atoms with E-state index in [1.54, 1.807) is 0 Å². The van der Waals surface area contributed by atoms with Crippen molar-refractivity contribution in [3.8, 4) is 0 Å². The maximum atomic E-state index is 10.9. The van der Waals surface area contributed by atoms with Crippen LogP contribution in [-0.4, -0.2) is 5.78 Å². The number of hydrogen-bond donors (Lipinski definition) is 0. The monoisotopic (exact) mass is 182 g/mol. The van der Waals surface area contributed by atoms with Gasteiger partial charge in [0.15, 0.2) is 5.78 Å². The van der Waals surface area contributed by atoms with Crippen molar-refractivity contribution in [3.63, 3.8) is 0 Å². The van der Waals surface area contributed by atoms with Crippen molar-refractivity contribution in [2.45, 2.75) is 59.8 Å². The average molecular weight is 182 g/mol. The highest BCUT2D eigenvalue weighted by Gasteiger charge is 2.12. The first-order chi connectivity index (χ1) is 6.13. The summed E-state index contributed by atoms with van der Waals surface area (Å²) < 4.78 is 0. The first kappa shape index (κ1) is 12.4. The summed E-state index contributed by atoms with van der Waals surface area (Å²) in [6, 6.07) is 0. The first-order valence-corrected chi connectivity index (χ1v) is 5.33. The van der Waals surface area contributed by atoms with Gasteiger partial charge in [-0.1, -0.05) is 32.3 Å². The van der Waals surface area contributed by atoms with Gasteiger partial charge in [-0.05, 0) is 32.3 Å². The second-order valence-corrected chi connectivity index (χ2v) is 3.68. The fourth-order valence-corrected chi connectivity index (χ4v) is 1.13. The Labute approximate surface area is 82.2 Å². The van der Waals surface area contributed by atoms with Crippen LogP contribution in [0.2, 0.25) is 0 Å². The molecule has 0 aromatic rings. The molecule has 0 heterocycles. The summed E-state index contributed by atoms with van der Waals surface area (Å²) in [5.74, 6) is 0.346. The van der Waals surface area contributed by atoms with E-state index in [9.17, 15) is 4.79 Å². The Morgan fingerprint density at radius 1 is 1.08 bits per heavy atom. The van der Waals surface area contributed by atoms with Gasteiger partial charge < -0.3 is 0 Å². The Hall–Kier alpha value is -0.590. The number of carbonyl (C=O) groups is 1. The molecule has 0 saturated carbocycles. The number of ketones is 1. The Morgan fingerprint density at radius 2 is 1.62 bits per heavy atom. The maximum Gasteiger partial charge on any atom is 0.158 e. The third-order valence-corrected chi connectivity index (χ3v) is 2.51. The lowest BCUT2D eigenvalue weighted by atomic mass is 9.93. The molecular formula is C12H22O. The van der Waals surface area contributed by atoms with Gasteiger partial charge in [-0.15, -0.1) is 0 Å². The van der Waals surface area contributed by atoms with Crippen molar-refractivity contribution in [2.24, 2.45) is 0 Å². The van der Waals surface area contributed by atoms with Gasteiger partial charge in [0, 0.05) is 6.42 Å². The molecule has 76 valence electrons. The summed E-state index contributed by atoms with van der Waals surface area (Å²) in [6.45, 7) is 8.34. The van der Waals surface area contributed by atoms with Gasteiger partial charge in [0.1, 0.15) is 0 Å². The summed E-state index contributed by atoms with van der Waals surface area (Å²) in [4.78, 5) is 10.9. The summed E-state index contributed by atoms with van der Waals surface area (Å²) >= 11 is 0. The molecule has 0 aromatic heterocycles. The minimum atomic E-state index is 0.346. The highest BCUT2D eigenvalue weighted by atomic mass is 16.1. The Kier molecular flexibility index (Phi) is 6.56. The lowest BCUT2D eigenvalue weighted by molar-refractivity contribution is -0.116. The molecule has 1 nitrogen and oxygen atoms in total. The molecule has 0 aliphatic heterocycles. The molecular weight excluding hydrogens is 160 g/mol. The van der Waals surface area contributed by atoms with Crippen LogP contribution < -0.4 is 0 Å². The summed E-state index contributed by atoms with van der Waals surface area (Å²) in [5.41, 5.74) is 2.28. The second kappa shape index (κ2) is 6.88. The van der Waals surface area contributed by atoms with E-state index in [4.69, 9.17) is 0 Å². The fourth-order valence-electron chi connectivity index (χ4n) is 1.13. The van der Waals surface area contributed by atoms with E-state index in [0.717, 1.165) is 24.8 Å². The van der Waals surface area contributed by atoms with Crippen LogP contribution in [0.4, 0.5) is 0 Å². The molecule has 1 heteroatoms. The fraction of sp³-hybridized carbons (Fsp3) is 0.750. The van der Waals surface area contributed by atoms with Crippen LogP contribution in [0, 0.1) is 0 Å². The highest BCUT2D eigenvalue weighted by molar-refractivity contribution is 5.96. The lowest BCUT2D eigenvalue weighted by Crippen LogP contribution is -2.07. The van der Waals surface area contributed by atoms with Gasteiger partial charge in [-0.3, -0.25) is 4.79 Å². The third kappa shape index (κ3) is 4.87. The van der Waals surface area contributed by atoms with Crippen LogP contribution in [0.25, 0.3) is 0 Å². The van der Waals surface area contributed by atoms with Crippen molar-refractivity contribution in [3.05, 3.63) is 11.1 Å². The van der Waals surface area contributed by atoms with Gasteiger partial charge in [0.25, 0.3) is 0 Å². The molecule has 0 amide bonds. The number of rotatable bonds is 1. The predicted molar refractivity (Wildman–Crippen MR) is 57.8 cm³/mol. The minimum absolute atomic E-state index is 0.346. The van der Waals surface area contributed by atoms with Gasteiger partial charge >= 0.3 is 0 Å². The van der Waals surface area contributed by atoms with Crippen molar-refractivity contribution in [2.75, 3.05) is 0 Å². The molecule has 0 saturated heterocycles. The van der Waals surface area contributed by atoms with Crippen molar-refractivity contribution in [1.29, 1.82) is 0 Å². The molecule has 1 rings (SSSR count). The van der Waals surface area contributed by atoms with Crippen LogP contribution in [0.3, 0.4) is 0 Å². The van der Waals surface area contributed by atoms with Gasteiger partial charge in [-0.25, -0.2) is 0 Å². The molecule has 0 N–H and O–H groups in total. The van der Waals surface area contributed by atoms with Crippen molar-refractivity contribution in [1.82, 2.24) is 0 Å². The molecule has 13 heavy (non-hydrogen) atoms. The zero-order valence-electron chi connectivity index (χ0n) is 9.44. The van der Waals surface area contributed by atoms with E-state index in [2.05, 4.69) is 13.8 Å². The van der Waals surface area contributed by atoms with E-state index >= 15 is 0 Å². The smallest absolute Gasteiger partial charge is 0.158 e. The normalized spacial score (nSPS) is 16.8. The van der Waals surface area contributed by atoms with E-state index in [1.165, 1.54) is 18.4 Å². The Bertz CT molecular complexity index is 187. The molecule has 0 bridgehead atoms. The van der Waals surface area contributed by atoms with Crippen LogP contribution in [0.5, 0.6) is 0 Å². The zero-order valence-corrected chi connectivity index (χ0v) is 9.44. The van der Waals surface area contributed by atoms with Crippen LogP contribution in [0.1, 0.15) is 59.8 Å². The predicted octanol–water partition coefficient (Wildman–Crippen LogP) is 3.88. The SMILES string of the molecule is CC1=C(C)C(=O)CCC1.CCCC. The van der Waals surface area contributed by atoms with E-state index < -0.39 is 0 Å². The topological polar surface area (TPSA) is 17.1 Å². The third-order valence-electron chi connectivity index (χ3n) is 2.51. The molecule has 0 fully saturated rings. The van der Waals surface area contributed by atoms with Crippen LogP contribution in [-0.2, 0) is 4.79 Å². The first-order valence-electron chi connectivity index (χ1n) is 5.33. The average Bonchev–Trinajstić information content (AvgIpc) is 2.14. The lowest BCUT2D eigenvalue weighted by Gasteiger charge is -2.11. The minimum Gasteiger partial charge on any atom is -0.295 e. The molecule has 1 aliphatic carbocycles. The van der Waals surface area contributed by atoms with E-state index in [0.29, 0.717) is 5.78 Å². The van der Waals surface area contributed by atoms with E-state index in [1.807, 2.05) is 13.8 Å². The molecule has 0 atom stereocenters. The maximum absolute atomic E-state index is 10.9. The Balaban J connectivity index is 0.000000310. The van der Waals surface area contributed by atoms with Gasteiger partial charge in [-0.2, -0.15) is 0 Å². The van der Waals surface area contributed by atoms with Crippen molar-refractivity contribution >= 4 is 5.78 Å². The van der Waals surface area contributed by atoms with Crippen molar-refractivity contribution < 1.29 is 4.79 Å². The number of carbonyl (C=O) groups excluding carboxylic acids is 1. The standard InChI is InChI=1S/C8H12O.C4H10/c1-6-4-3-5-8(9)7(6)2;1-3-4-2/h3-5H2,1-2H3;3-4H2,1-2H3. The molecule has 0 spiro atoms. The highest BCUT2D eigenvalue weighted by Crippen LogP contribution is 2.20. The molecule has 1 aliphatic rings. The molecule has 0 radical (unpaired) electrons. The second-order valence-electron chi connectivity index (χ2n) is 3.68. The summed E-state index contributed by atoms with van der Waals surface area (Å²) in [7, 11) is 0. The number of allylic oxidation sites excluding steroid dienone is 2. The largest absolute Gasteiger partial charge is 0.295 e. The Morgan fingerprint density at radius 3 is 1.92 bits per heavy atom. The molecule has 0 aromatic carbocycles. The van der Waals surface area contributed by atoms with Gasteiger partial charge in [0.2, 0.25) is 0 Å². The summed E-state index contributed by atoms with van der Waals surface area (Å²) in [5, 5.41) is 0. The van der Waals surface area contributed by atoms with Gasteiger partial charge in [0.05, 0.1) is 0 Å².